The molecule has 1 aliphatic carbocycles. The molecule has 0 radical (unpaired) electrons. The summed E-state index contributed by atoms with van der Waals surface area (Å²) in [5.74, 6) is 2.07. The molecule has 2 fully saturated rings. The molecule has 0 spiro atoms. The highest BCUT2D eigenvalue weighted by Gasteiger charge is 2.32. The van der Waals surface area contributed by atoms with Crippen LogP contribution in [0.2, 0.25) is 0 Å². The fourth-order valence-electron chi connectivity index (χ4n) is 3.89. The number of pyridine rings is 1. The van der Waals surface area contributed by atoms with E-state index in [4.69, 9.17) is 4.42 Å². The number of piperidine rings is 1. The van der Waals surface area contributed by atoms with Crippen LogP contribution in [0.4, 0.5) is 0 Å². The van der Waals surface area contributed by atoms with Crippen LogP contribution >= 0.6 is 0 Å². The van der Waals surface area contributed by atoms with Gasteiger partial charge in [0.1, 0.15) is 0 Å². The Bertz CT molecular complexity index is 726. The van der Waals surface area contributed by atoms with Crippen molar-refractivity contribution in [2.75, 3.05) is 13.1 Å². The van der Waals surface area contributed by atoms with Crippen molar-refractivity contribution < 1.29 is 9.21 Å². The predicted molar refractivity (Wildman–Crippen MR) is 92.8 cm³/mol. The average molecular weight is 340 g/mol. The first kappa shape index (κ1) is 16.2. The third-order valence-corrected chi connectivity index (χ3v) is 5.46. The first-order valence-electron chi connectivity index (χ1n) is 9.26. The zero-order valence-corrected chi connectivity index (χ0v) is 14.6. The molecule has 1 aliphatic heterocycles. The Labute approximate surface area is 147 Å². The second-order valence-electron chi connectivity index (χ2n) is 7.21. The van der Waals surface area contributed by atoms with Crippen molar-refractivity contribution in [3.63, 3.8) is 0 Å². The van der Waals surface area contributed by atoms with Crippen molar-refractivity contribution >= 4 is 5.91 Å². The summed E-state index contributed by atoms with van der Waals surface area (Å²) >= 11 is 0. The number of hydrogen-bond donors (Lipinski definition) is 0. The number of aryl methyl sites for hydroxylation is 1. The van der Waals surface area contributed by atoms with Crippen molar-refractivity contribution in [1.82, 2.24) is 20.1 Å². The fourth-order valence-corrected chi connectivity index (χ4v) is 3.89. The number of aromatic nitrogens is 3. The Balaban J connectivity index is 1.38. The molecule has 6 nitrogen and oxygen atoms in total. The molecule has 0 unspecified atom stereocenters. The third-order valence-electron chi connectivity index (χ3n) is 5.46. The number of carbonyl (C=O) groups excluding carboxylic acids is 1. The summed E-state index contributed by atoms with van der Waals surface area (Å²) in [7, 11) is 0. The topological polar surface area (TPSA) is 72.1 Å². The Morgan fingerprint density at radius 1 is 1.12 bits per heavy atom. The molecule has 25 heavy (non-hydrogen) atoms. The van der Waals surface area contributed by atoms with Crippen LogP contribution in [0.5, 0.6) is 0 Å². The molecular weight excluding hydrogens is 316 g/mol. The lowest BCUT2D eigenvalue weighted by atomic mass is 9.95. The lowest BCUT2D eigenvalue weighted by Gasteiger charge is -2.32. The zero-order chi connectivity index (χ0) is 17.2. The van der Waals surface area contributed by atoms with Crippen molar-refractivity contribution in [1.29, 1.82) is 0 Å². The predicted octanol–water partition coefficient (Wildman–Crippen LogP) is 3.34. The van der Waals surface area contributed by atoms with E-state index in [1.165, 1.54) is 12.8 Å². The highest BCUT2D eigenvalue weighted by Crippen LogP contribution is 2.32. The molecule has 1 amide bonds. The second kappa shape index (κ2) is 6.94. The molecule has 0 atom stereocenters. The van der Waals surface area contributed by atoms with E-state index < -0.39 is 0 Å². The molecule has 0 N–H and O–H groups in total. The summed E-state index contributed by atoms with van der Waals surface area (Å²) in [6.45, 7) is 3.54. The summed E-state index contributed by atoms with van der Waals surface area (Å²) in [5.41, 5.74) is 1.81. The normalized spacial score (nSPS) is 19.5. The first-order chi connectivity index (χ1) is 12.2. The van der Waals surface area contributed by atoms with Gasteiger partial charge in [-0.1, -0.05) is 12.8 Å². The monoisotopic (exact) mass is 340 g/mol. The van der Waals surface area contributed by atoms with Crippen molar-refractivity contribution in [2.24, 2.45) is 5.92 Å². The largest absolute Gasteiger partial charge is 0.420 e. The molecular formula is C19H24N4O2. The van der Waals surface area contributed by atoms with Crippen LogP contribution in [0.3, 0.4) is 0 Å². The average Bonchev–Trinajstić information content (AvgIpc) is 3.34. The van der Waals surface area contributed by atoms with E-state index in [1.807, 2.05) is 24.0 Å². The van der Waals surface area contributed by atoms with Crippen molar-refractivity contribution in [3.05, 3.63) is 29.9 Å². The maximum Gasteiger partial charge on any atom is 0.249 e. The van der Waals surface area contributed by atoms with Gasteiger partial charge in [-0.15, -0.1) is 10.2 Å². The smallest absolute Gasteiger partial charge is 0.249 e. The maximum atomic E-state index is 12.5. The van der Waals surface area contributed by atoms with Gasteiger partial charge in [0.2, 0.25) is 17.7 Å². The van der Waals surface area contributed by atoms with E-state index in [1.54, 1.807) is 6.20 Å². The highest BCUT2D eigenvalue weighted by atomic mass is 16.4. The lowest BCUT2D eigenvalue weighted by molar-refractivity contribution is -0.136. The van der Waals surface area contributed by atoms with Crippen LogP contribution in [0.25, 0.3) is 11.5 Å². The first-order valence-corrected chi connectivity index (χ1v) is 9.26. The lowest BCUT2D eigenvalue weighted by Crippen LogP contribution is -2.40. The van der Waals surface area contributed by atoms with Crippen LogP contribution in [0.15, 0.2) is 22.7 Å². The molecule has 1 saturated heterocycles. The van der Waals surface area contributed by atoms with E-state index in [2.05, 4.69) is 15.2 Å². The number of rotatable bonds is 3. The number of hydrogen-bond acceptors (Lipinski definition) is 5. The Morgan fingerprint density at radius 2 is 1.88 bits per heavy atom. The summed E-state index contributed by atoms with van der Waals surface area (Å²) in [4.78, 5) is 18.8. The third kappa shape index (κ3) is 3.43. The summed E-state index contributed by atoms with van der Waals surface area (Å²) in [6, 6.07) is 3.88. The Kier molecular flexibility index (Phi) is 4.51. The molecule has 0 aromatic carbocycles. The summed E-state index contributed by atoms with van der Waals surface area (Å²) in [5, 5.41) is 8.41. The van der Waals surface area contributed by atoms with E-state index in [-0.39, 0.29) is 11.8 Å². The van der Waals surface area contributed by atoms with Gasteiger partial charge in [-0.2, -0.15) is 0 Å². The van der Waals surface area contributed by atoms with Crippen LogP contribution in [-0.2, 0) is 4.79 Å². The molecule has 2 aromatic heterocycles. The molecule has 1 saturated carbocycles. The molecule has 4 rings (SSSR count). The van der Waals surface area contributed by atoms with Crippen LogP contribution in [-0.4, -0.2) is 39.1 Å². The van der Waals surface area contributed by atoms with E-state index in [0.29, 0.717) is 17.7 Å². The van der Waals surface area contributed by atoms with Gasteiger partial charge in [0.15, 0.2) is 0 Å². The summed E-state index contributed by atoms with van der Waals surface area (Å²) < 4.78 is 5.88. The Hall–Kier alpha value is -2.24. The van der Waals surface area contributed by atoms with E-state index in [9.17, 15) is 4.79 Å². The highest BCUT2D eigenvalue weighted by molar-refractivity contribution is 5.79. The minimum absolute atomic E-state index is 0.243. The number of nitrogens with zero attached hydrogens (tertiary/aromatic N) is 4. The SMILES string of the molecule is Cc1ccc(-c2nnc(C3CCN(C(=O)C4CCCC4)CC3)o2)cn1. The number of carbonyl (C=O) groups is 1. The minimum Gasteiger partial charge on any atom is -0.420 e. The van der Waals surface area contributed by atoms with Crippen LogP contribution in [0.1, 0.15) is 56.0 Å². The van der Waals surface area contributed by atoms with E-state index in [0.717, 1.165) is 50.0 Å². The van der Waals surface area contributed by atoms with Crippen LogP contribution in [0, 0.1) is 12.8 Å². The maximum absolute atomic E-state index is 12.5. The summed E-state index contributed by atoms with van der Waals surface area (Å²) in [6.07, 6.45) is 8.08. The number of likely N-dealkylation sites (tertiary alicyclic amines) is 1. The van der Waals surface area contributed by atoms with Gasteiger partial charge in [0.25, 0.3) is 0 Å². The van der Waals surface area contributed by atoms with Gasteiger partial charge >= 0.3 is 0 Å². The van der Waals surface area contributed by atoms with Crippen molar-refractivity contribution in [2.45, 2.75) is 51.4 Å². The zero-order valence-electron chi connectivity index (χ0n) is 14.6. The van der Waals surface area contributed by atoms with Gasteiger partial charge in [-0.25, -0.2) is 0 Å². The molecule has 132 valence electrons. The molecule has 0 bridgehead atoms. The molecule has 2 aromatic rings. The fraction of sp³-hybridized carbons (Fsp3) is 0.579. The molecule has 6 heteroatoms. The minimum atomic E-state index is 0.243. The Morgan fingerprint density at radius 3 is 2.56 bits per heavy atom. The van der Waals surface area contributed by atoms with Crippen LogP contribution < -0.4 is 0 Å². The van der Waals surface area contributed by atoms with E-state index >= 15 is 0 Å². The molecule has 2 aliphatic rings. The molecule has 3 heterocycles. The second-order valence-corrected chi connectivity index (χ2v) is 7.21. The van der Waals surface area contributed by atoms with Gasteiger partial charge < -0.3 is 9.32 Å². The van der Waals surface area contributed by atoms with Crippen molar-refractivity contribution in [3.8, 4) is 11.5 Å². The van der Waals surface area contributed by atoms with Gasteiger partial charge in [-0.3, -0.25) is 9.78 Å². The van der Waals surface area contributed by atoms with Gasteiger partial charge in [-0.05, 0) is 44.7 Å². The standard InChI is InChI=1S/C19H24N4O2/c1-13-6-7-16(12-20-13)18-22-21-17(25-18)14-8-10-23(11-9-14)19(24)15-4-2-3-5-15/h6-7,12,14-15H,2-5,8-11H2,1H3. The van der Waals surface area contributed by atoms with Gasteiger partial charge in [0, 0.05) is 36.8 Å². The quantitative estimate of drug-likeness (QED) is 0.857. The van der Waals surface area contributed by atoms with Gasteiger partial charge in [0.05, 0.1) is 5.56 Å². The number of amides is 1.